The molecule has 0 saturated carbocycles. The minimum atomic E-state index is 0.274. The molecule has 0 aliphatic rings. The van der Waals surface area contributed by atoms with Crippen LogP contribution in [0.15, 0.2) is 18.2 Å². The standard InChI is InChI=1S/C13H21NO/c1-10-6-7-11(12(8-10)15-5)14-9-13(2,3)4/h6-8,14H,9H2,1-5H3. The first-order chi connectivity index (χ1) is 6.92. The molecule has 0 atom stereocenters. The van der Waals surface area contributed by atoms with Crippen molar-refractivity contribution in [1.82, 2.24) is 0 Å². The number of nitrogens with one attached hydrogen (secondary N) is 1. The fourth-order valence-electron chi connectivity index (χ4n) is 1.30. The topological polar surface area (TPSA) is 21.3 Å². The molecule has 15 heavy (non-hydrogen) atoms. The number of benzene rings is 1. The SMILES string of the molecule is COc1cc(C)ccc1NCC(C)(C)C. The Morgan fingerprint density at radius 3 is 2.47 bits per heavy atom. The van der Waals surface area contributed by atoms with Gasteiger partial charge in [0.2, 0.25) is 0 Å². The molecular formula is C13H21NO. The Labute approximate surface area is 92.6 Å². The fourth-order valence-corrected chi connectivity index (χ4v) is 1.30. The van der Waals surface area contributed by atoms with E-state index < -0.39 is 0 Å². The van der Waals surface area contributed by atoms with Crippen LogP contribution in [-0.2, 0) is 0 Å². The monoisotopic (exact) mass is 207 g/mol. The maximum absolute atomic E-state index is 5.33. The van der Waals surface area contributed by atoms with Gasteiger partial charge in [-0.3, -0.25) is 0 Å². The van der Waals surface area contributed by atoms with Crippen LogP contribution in [0.4, 0.5) is 5.69 Å². The van der Waals surface area contributed by atoms with Crippen LogP contribution in [0.25, 0.3) is 0 Å². The van der Waals surface area contributed by atoms with Gasteiger partial charge < -0.3 is 10.1 Å². The van der Waals surface area contributed by atoms with Gasteiger partial charge in [0.05, 0.1) is 12.8 Å². The van der Waals surface area contributed by atoms with E-state index in [9.17, 15) is 0 Å². The lowest BCUT2D eigenvalue weighted by molar-refractivity contribution is 0.412. The first-order valence-electron chi connectivity index (χ1n) is 5.31. The summed E-state index contributed by atoms with van der Waals surface area (Å²) in [5, 5.41) is 3.41. The summed E-state index contributed by atoms with van der Waals surface area (Å²) in [7, 11) is 1.71. The predicted octanol–water partition coefficient (Wildman–Crippen LogP) is 3.46. The Bertz CT molecular complexity index is 326. The van der Waals surface area contributed by atoms with Crippen molar-refractivity contribution in [3.8, 4) is 5.75 Å². The molecule has 84 valence electrons. The second-order valence-electron chi connectivity index (χ2n) is 5.12. The summed E-state index contributed by atoms with van der Waals surface area (Å²) in [5.41, 5.74) is 2.56. The number of aryl methyl sites for hydroxylation is 1. The van der Waals surface area contributed by atoms with Crippen LogP contribution in [0, 0.1) is 12.3 Å². The van der Waals surface area contributed by atoms with Crippen LogP contribution >= 0.6 is 0 Å². The van der Waals surface area contributed by atoms with Gasteiger partial charge in [-0.05, 0) is 30.0 Å². The minimum Gasteiger partial charge on any atom is -0.495 e. The van der Waals surface area contributed by atoms with E-state index in [1.807, 2.05) is 6.07 Å². The highest BCUT2D eigenvalue weighted by molar-refractivity contribution is 5.57. The molecule has 0 spiro atoms. The van der Waals surface area contributed by atoms with Crippen molar-refractivity contribution in [2.75, 3.05) is 19.0 Å². The van der Waals surface area contributed by atoms with E-state index in [4.69, 9.17) is 4.74 Å². The van der Waals surface area contributed by atoms with E-state index in [2.05, 4.69) is 45.1 Å². The second-order valence-corrected chi connectivity index (χ2v) is 5.12. The van der Waals surface area contributed by atoms with E-state index in [1.165, 1.54) is 5.56 Å². The molecule has 0 aliphatic heterocycles. The molecule has 0 bridgehead atoms. The van der Waals surface area contributed by atoms with Crippen molar-refractivity contribution in [2.24, 2.45) is 5.41 Å². The van der Waals surface area contributed by atoms with Crippen LogP contribution in [0.1, 0.15) is 26.3 Å². The summed E-state index contributed by atoms with van der Waals surface area (Å²) in [6.45, 7) is 9.63. The van der Waals surface area contributed by atoms with Crippen LogP contribution < -0.4 is 10.1 Å². The number of hydrogen-bond acceptors (Lipinski definition) is 2. The van der Waals surface area contributed by atoms with Crippen molar-refractivity contribution in [3.05, 3.63) is 23.8 Å². The van der Waals surface area contributed by atoms with E-state index in [1.54, 1.807) is 7.11 Å². The summed E-state index contributed by atoms with van der Waals surface area (Å²) in [5.74, 6) is 0.916. The predicted molar refractivity (Wildman–Crippen MR) is 65.7 cm³/mol. The Morgan fingerprint density at radius 2 is 1.93 bits per heavy atom. The summed E-state index contributed by atoms with van der Waals surface area (Å²) in [4.78, 5) is 0. The molecule has 0 aliphatic carbocycles. The molecule has 0 radical (unpaired) electrons. The fraction of sp³-hybridized carbons (Fsp3) is 0.538. The van der Waals surface area contributed by atoms with Crippen LogP contribution in [0.3, 0.4) is 0 Å². The number of hydrogen-bond donors (Lipinski definition) is 1. The van der Waals surface area contributed by atoms with Gasteiger partial charge in [0, 0.05) is 6.54 Å². The number of anilines is 1. The first kappa shape index (κ1) is 11.9. The summed E-state index contributed by atoms with van der Waals surface area (Å²) in [6.07, 6.45) is 0. The van der Waals surface area contributed by atoms with E-state index in [-0.39, 0.29) is 5.41 Å². The minimum absolute atomic E-state index is 0.274. The molecular weight excluding hydrogens is 186 g/mol. The van der Waals surface area contributed by atoms with Crippen molar-refractivity contribution in [1.29, 1.82) is 0 Å². The van der Waals surface area contributed by atoms with Gasteiger partial charge in [0.1, 0.15) is 5.75 Å². The average molecular weight is 207 g/mol. The number of rotatable bonds is 3. The first-order valence-corrected chi connectivity index (χ1v) is 5.31. The van der Waals surface area contributed by atoms with Crippen LogP contribution in [0.5, 0.6) is 5.75 Å². The largest absolute Gasteiger partial charge is 0.495 e. The molecule has 1 aromatic rings. The van der Waals surface area contributed by atoms with Crippen LogP contribution in [-0.4, -0.2) is 13.7 Å². The third kappa shape index (κ3) is 3.82. The molecule has 1 aromatic carbocycles. The van der Waals surface area contributed by atoms with Crippen molar-refractivity contribution in [2.45, 2.75) is 27.7 Å². The van der Waals surface area contributed by atoms with E-state index in [0.29, 0.717) is 0 Å². The molecule has 1 rings (SSSR count). The normalized spacial score (nSPS) is 11.3. The second kappa shape index (κ2) is 4.56. The van der Waals surface area contributed by atoms with E-state index in [0.717, 1.165) is 18.0 Å². The number of methoxy groups -OCH3 is 1. The van der Waals surface area contributed by atoms with Gasteiger partial charge in [-0.25, -0.2) is 0 Å². The Balaban J connectivity index is 2.76. The summed E-state index contributed by atoms with van der Waals surface area (Å²) >= 11 is 0. The molecule has 2 heteroatoms. The van der Waals surface area contributed by atoms with Crippen molar-refractivity contribution < 1.29 is 4.74 Å². The Kier molecular flexibility index (Phi) is 3.61. The molecule has 0 amide bonds. The Morgan fingerprint density at radius 1 is 1.27 bits per heavy atom. The highest BCUT2D eigenvalue weighted by Crippen LogP contribution is 2.26. The quantitative estimate of drug-likeness (QED) is 0.819. The molecule has 0 saturated heterocycles. The third-order valence-corrected chi connectivity index (χ3v) is 2.17. The highest BCUT2D eigenvalue weighted by atomic mass is 16.5. The Hall–Kier alpha value is -1.18. The third-order valence-electron chi connectivity index (χ3n) is 2.17. The number of ether oxygens (including phenoxy) is 1. The smallest absolute Gasteiger partial charge is 0.142 e. The lowest BCUT2D eigenvalue weighted by atomic mass is 9.97. The zero-order valence-electron chi connectivity index (χ0n) is 10.3. The van der Waals surface area contributed by atoms with Gasteiger partial charge in [-0.1, -0.05) is 26.8 Å². The molecule has 0 unspecified atom stereocenters. The van der Waals surface area contributed by atoms with Crippen LogP contribution in [0.2, 0.25) is 0 Å². The van der Waals surface area contributed by atoms with E-state index >= 15 is 0 Å². The zero-order chi connectivity index (χ0) is 11.5. The van der Waals surface area contributed by atoms with Gasteiger partial charge in [0.15, 0.2) is 0 Å². The maximum atomic E-state index is 5.33. The lowest BCUT2D eigenvalue weighted by Crippen LogP contribution is -2.19. The van der Waals surface area contributed by atoms with Gasteiger partial charge in [0.25, 0.3) is 0 Å². The maximum Gasteiger partial charge on any atom is 0.142 e. The van der Waals surface area contributed by atoms with Gasteiger partial charge in [-0.15, -0.1) is 0 Å². The average Bonchev–Trinajstić information content (AvgIpc) is 2.14. The lowest BCUT2D eigenvalue weighted by Gasteiger charge is -2.21. The summed E-state index contributed by atoms with van der Waals surface area (Å²) < 4.78 is 5.33. The van der Waals surface area contributed by atoms with Gasteiger partial charge in [-0.2, -0.15) is 0 Å². The van der Waals surface area contributed by atoms with Crippen molar-refractivity contribution in [3.63, 3.8) is 0 Å². The highest BCUT2D eigenvalue weighted by Gasteiger charge is 2.11. The molecule has 0 aromatic heterocycles. The zero-order valence-corrected chi connectivity index (χ0v) is 10.3. The van der Waals surface area contributed by atoms with Gasteiger partial charge >= 0.3 is 0 Å². The van der Waals surface area contributed by atoms with Crippen molar-refractivity contribution >= 4 is 5.69 Å². The molecule has 1 N–H and O–H groups in total. The molecule has 0 heterocycles. The molecule has 2 nitrogen and oxygen atoms in total. The molecule has 0 fully saturated rings. The summed E-state index contributed by atoms with van der Waals surface area (Å²) in [6, 6.07) is 6.21.